The Morgan fingerprint density at radius 2 is 2.08 bits per heavy atom. The van der Waals surface area contributed by atoms with Crippen molar-refractivity contribution in [3.63, 3.8) is 0 Å². The average molecular weight is 395 g/mol. The second-order valence-electron chi connectivity index (χ2n) is 5.35. The van der Waals surface area contributed by atoms with Gasteiger partial charge >= 0.3 is 5.97 Å². The number of thiophene rings is 1. The van der Waals surface area contributed by atoms with E-state index in [2.05, 4.69) is 9.97 Å². The van der Waals surface area contributed by atoms with Gasteiger partial charge in [-0.3, -0.25) is 0 Å². The third-order valence-electron chi connectivity index (χ3n) is 3.58. The molecule has 5 nitrogen and oxygen atoms in total. The molecule has 0 saturated heterocycles. The molecule has 136 valence electrons. The number of hydrogen-bond acceptors (Lipinski definition) is 7. The van der Waals surface area contributed by atoms with Gasteiger partial charge in [-0.25, -0.2) is 23.5 Å². The number of fused-ring (bicyclic) bond motifs is 1. The van der Waals surface area contributed by atoms with Gasteiger partial charge in [0.2, 0.25) is 0 Å². The molecule has 2 N–H and O–H groups in total. The lowest BCUT2D eigenvalue weighted by molar-refractivity contribution is 0.0531. The molecule has 0 aliphatic rings. The zero-order valence-corrected chi connectivity index (χ0v) is 15.6. The molecule has 0 bridgehead atoms. The molecule has 2 heterocycles. The smallest absolute Gasteiger partial charge is 0.348 e. The first-order valence-corrected chi connectivity index (χ1v) is 9.51. The zero-order chi connectivity index (χ0) is 18.8. The Morgan fingerprint density at radius 3 is 2.77 bits per heavy atom. The summed E-state index contributed by atoms with van der Waals surface area (Å²) in [5, 5.41) is 0.639. The van der Waals surface area contributed by atoms with Gasteiger partial charge in [-0.15, -0.1) is 23.1 Å². The number of carbonyl (C=O) groups is 1. The number of aryl methyl sites for hydroxylation is 1. The van der Waals surface area contributed by atoms with Crippen LogP contribution in [0.1, 0.15) is 28.0 Å². The lowest BCUT2D eigenvalue weighted by atomic mass is 10.2. The number of carbonyl (C=O) groups excluding carboxylic acids is 1. The van der Waals surface area contributed by atoms with E-state index in [4.69, 9.17) is 10.5 Å². The van der Waals surface area contributed by atoms with E-state index in [-0.39, 0.29) is 12.4 Å². The van der Waals surface area contributed by atoms with Crippen molar-refractivity contribution in [3.8, 4) is 0 Å². The van der Waals surface area contributed by atoms with Gasteiger partial charge in [-0.1, -0.05) is 0 Å². The van der Waals surface area contributed by atoms with Crippen LogP contribution in [0.2, 0.25) is 0 Å². The number of anilines is 1. The average Bonchev–Trinajstić information content (AvgIpc) is 2.93. The van der Waals surface area contributed by atoms with Crippen molar-refractivity contribution in [1.82, 2.24) is 9.97 Å². The van der Waals surface area contributed by atoms with Crippen LogP contribution >= 0.6 is 23.1 Å². The van der Waals surface area contributed by atoms with Crippen LogP contribution in [0.15, 0.2) is 23.1 Å². The number of ether oxygens (including phenoxy) is 1. The summed E-state index contributed by atoms with van der Waals surface area (Å²) in [5.41, 5.74) is 6.74. The fourth-order valence-corrected chi connectivity index (χ4v) is 4.26. The minimum Gasteiger partial charge on any atom is -0.462 e. The van der Waals surface area contributed by atoms with Crippen molar-refractivity contribution < 1.29 is 18.3 Å². The molecule has 0 radical (unpaired) electrons. The fraction of sp³-hybridized carbons (Fsp3) is 0.235. The minimum atomic E-state index is -0.904. The van der Waals surface area contributed by atoms with Crippen LogP contribution in [-0.2, 0) is 10.5 Å². The Hall–Kier alpha value is -2.26. The summed E-state index contributed by atoms with van der Waals surface area (Å²) in [6.07, 6.45) is 0. The highest BCUT2D eigenvalue weighted by Crippen LogP contribution is 2.34. The number of thioether (sulfide) groups is 1. The highest BCUT2D eigenvalue weighted by Gasteiger charge is 2.20. The highest BCUT2D eigenvalue weighted by molar-refractivity contribution is 7.98. The molecule has 0 unspecified atom stereocenters. The van der Waals surface area contributed by atoms with Crippen molar-refractivity contribution in [2.45, 2.75) is 24.5 Å². The van der Waals surface area contributed by atoms with Crippen LogP contribution in [0.3, 0.4) is 0 Å². The molecular formula is C17H15F2N3O2S2. The first kappa shape index (κ1) is 18.5. The molecule has 0 amide bonds. The lowest BCUT2D eigenvalue weighted by Crippen LogP contribution is -2.03. The molecule has 0 fully saturated rings. The monoisotopic (exact) mass is 395 g/mol. The first-order valence-electron chi connectivity index (χ1n) is 7.71. The Kier molecular flexibility index (Phi) is 5.38. The van der Waals surface area contributed by atoms with Crippen LogP contribution in [0.25, 0.3) is 10.2 Å². The number of nitrogens with zero attached hydrogens (tertiary/aromatic N) is 2. The number of nitrogen functional groups attached to an aromatic ring is 1. The number of esters is 1. The van der Waals surface area contributed by atoms with Crippen LogP contribution in [0.4, 0.5) is 14.6 Å². The standard InChI is InChI=1S/C17H15F2N3O2S2/c1-3-24-17(23)14-8(2)13-15(20)21-12(22-16(13)26-14)7-25-9-4-5-10(18)11(19)6-9/h4-6H,3,7H2,1-2H3,(H2,20,21,22). The van der Waals surface area contributed by atoms with Gasteiger partial charge in [0, 0.05) is 4.90 Å². The Labute approximate surface area is 156 Å². The molecule has 0 spiro atoms. The molecule has 3 aromatic rings. The number of halogens is 2. The molecule has 0 aliphatic carbocycles. The summed E-state index contributed by atoms with van der Waals surface area (Å²) in [6.45, 7) is 3.80. The number of rotatable bonds is 5. The van der Waals surface area contributed by atoms with Crippen molar-refractivity contribution >= 4 is 45.1 Å². The third kappa shape index (κ3) is 3.63. The number of hydrogen-bond donors (Lipinski definition) is 1. The van der Waals surface area contributed by atoms with E-state index in [9.17, 15) is 13.6 Å². The van der Waals surface area contributed by atoms with E-state index in [0.29, 0.717) is 37.1 Å². The van der Waals surface area contributed by atoms with E-state index in [1.165, 1.54) is 29.2 Å². The molecule has 1 aromatic carbocycles. The summed E-state index contributed by atoms with van der Waals surface area (Å²) in [6, 6.07) is 3.68. The maximum atomic E-state index is 13.3. The Morgan fingerprint density at radius 1 is 1.31 bits per heavy atom. The maximum Gasteiger partial charge on any atom is 0.348 e. The molecule has 2 aromatic heterocycles. The van der Waals surface area contributed by atoms with Crippen molar-refractivity contribution in [3.05, 3.63) is 46.1 Å². The van der Waals surface area contributed by atoms with Crippen molar-refractivity contribution in [2.75, 3.05) is 12.3 Å². The predicted octanol–water partition coefficient (Wildman–Crippen LogP) is 4.33. The predicted molar refractivity (Wildman–Crippen MR) is 98.4 cm³/mol. The summed E-state index contributed by atoms with van der Waals surface area (Å²) in [7, 11) is 0. The molecule has 0 saturated carbocycles. The minimum absolute atomic E-state index is 0.278. The van der Waals surface area contributed by atoms with E-state index < -0.39 is 17.6 Å². The zero-order valence-electron chi connectivity index (χ0n) is 14.0. The number of benzene rings is 1. The highest BCUT2D eigenvalue weighted by atomic mass is 32.2. The Balaban J connectivity index is 1.88. The van der Waals surface area contributed by atoms with Gasteiger partial charge in [0.25, 0.3) is 0 Å². The van der Waals surface area contributed by atoms with Crippen molar-refractivity contribution in [1.29, 1.82) is 0 Å². The summed E-state index contributed by atoms with van der Waals surface area (Å²) < 4.78 is 31.3. The molecule has 26 heavy (non-hydrogen) atoms. The normalized spacial score (nSPS) is 11.1. The molecule has 0 atom stereocenters. The molecule has 9 heteroatoms. The largest absolute Gasteiger partial charge is 0.462 e. The molecule has 0 aliphatic heterocycles. The van der Waals surface area contributed by atoms with Crippen LogP contribution in [0, 0.1) is 18.6 Å². The van der Waals surface area contributed by atoms with E-state index in [1.54, 1.807) is 13.8 Å². The van der Waals surface area contributed by atoms with Gasteiger partial charge in [0.05, 0.1) is 17.7 Å². The van der Waals surface area contributed by atoms with Gasteiger partial charge in [-0.2, -0.15) is 0 Å². The molecular weight excluding hydrogens is 380 g/mol. The maximum absolute atomic E-state index is 13.3. The SMILES string of the molecule is CCOC(=O)c1sc2nc(CSc3ccc(F)c(F)c3)nc(N)c2c1C. The lowest BCUT2D eigenvalue weighted by Gasteiger charge is -2.04. The van der Waals surface area contributed by atoms with Crippen LogP contribution in [0.5, 0.6) is 0 Å². The van der Waals surface area contributed by atoms with Gasteiger partial charge < -0.3 is 10.5 Å². The fourth-order valence-electron chi connectivity index (χ4n) is 2.39. The van der Waals surface area contributed by atoms with Crippen LogP contribution < -0.4 is 5.73 Å². The third-order valence-corrected chi connectivity index (χ3v) is 5.74. The van der Waals surface area contributed by atoms with E-state index in [1.807, 2.05) is 0 Å². The second-order valence-corrected chi connectivity index (χ2v) is 7.39. The van der Waals surface area contributed by atoms with Crippen molar-refractivity contribution in [2.24, 2.45) is 0 Å². The quantitative estimate of drug-likeness (QED) is 0.512. The molecule has 3 rings (SSSR count). The van der Waals surface area contributed by atoms with Crippen LogP contribution in [-0.4, -0.2) is 22.5 Å². The topological polar surface area (TPSA) is 78.1 Å². The Bertz CT molecular complexity index is 992. The first-order chi connectivity index (χ1) is 12.4. The number of nitrogens with two attached hydrogens (primary N) is 1. The summed E-state index contributed by atoms with van der Waals surface area (Å²) >= 11 is 2.47. The second kappa shape index (κ2) is 7.55. The van der Waals surface area contributed by atoms with E-state index in [0.717, 1.165) is 12.1 Å². The van der Waals surface area contributed by atoms with Gasteiger partial charge in [0.1, 0.15) is 21.3 Å². The van der Waals surface area contributed by atoms with E-state index >= 15 is 0 Å². The summed E-state index contributed by atoms with van der Waals surface area (Å²) in [4.78, 5) is 22.3. The summed E-state index contributed by atoms with van der Waals surface area (Å²) in [5.74, 6) is -1.15. The number of aromatic nitrogens is 2. The van der Waals surface area contributed by atoms with Gasteiger partial charge in [-0.05, 0) is 37.6 Å². The van der Waals surface area contributed by atoms with Gasteiger partial charge in [0.15, 0.2) is 11.6 Å².